The molecule has 0 spiro atoms. The van der Waals surface area contributed by atoms with Crippen LogP contribution in [0.5, 0.6) is 0 Å². The molecule has 0 unspecified atom stereocenters. The third kappa shape index (κ3) is 4.87. The van der Waals surface area contributed by atoms with Gasteiger partial charge in [0.25, 0.3) is 0 Å². The second kappa shape index (κ2) is 9.01. The van der Waals surface area contributed by atoms with Crippen LogP contribution in [-0.2, 0) is 0 Å². The molecule has 0 amide bonds. The standard InChI is InChI=1S/C24H23BBrN/c1-3-5-9-17(4-2)23-14-19(18-10-7-6-8-11-18)15-24(27-23)20-12-21(25)16-22(26)13-20/h4,6-16H,2-3,5,25H2,1H3/b17-9+. The summed E-state index contributed by atoms with van der Waals surface area (Å²) >= 11 is 3.61. The van der Waals surface area contributed by atoms with Crippen LogP contribution in [0, 0.1) is 0 Å². The lowest BCUT2D eigenvalue weighted by atomic mass is 9.92. The van der Waals surface area contributed by atoms with E-state index in [2.05, 4.69) is 98.0 Å². The fourth-order valence-electron chi connectivity index (χ4n) is 3.10. The lowest BCUT2D eigenvalue weighted by molar-refractivity contribution is 0.960. The first kappa shape index (κ1) is 19.4. The Morgan fingerprint density at radius 1 is 1.04 bits per heavy atom. The van der Waals surface area contributed by atoms with Gasteiger partial charge in [0.2, 0.25) is 0 Å². The minimum atomic E-state index is 0.965. The number of hydrogen-bond donors (Lipinski definition) is 0. The average molecular weight is 416 g/mol. The van der Waals surface area contributed by atoms with E-state index in [1.165, 1.54) is 11.0 Å². The summed E-state index contributed by atoms with van der Waals surface area (Å²) in [6.07, 6.45) is 6.25. The normalized spacial score (nSPS) is 11.4. The van der Waals surface area contributed by atoms with E-state index in [1.54, 1.807) is 0 Å². The molecule has 134 valence electrons. The van der Waals surface area contributed by atoms with Gasteiger partial charge in [0, 0.05) is 10.0 Å². The molecule has 0 radical (unpaired) electrons. The summed E-state index contributed by atoms with van der Waals surface area (Å²) in [5.41, 5.74) is 7.69. The minimum Gasteiger partial charge on any atom is -0.248 e. The van der Waals surface area contributed by atoms with Crippen LogP contribution in [0.4, 0.5) is 0 Å². The number of nitrogens with zero attached hydrogens (tertiary/aromatic N) is 1. The largest absolute Gasteiger partial charge is 0.248 e. The van der Waals surface area contributed by atoms with Crippen LogP contribution >= 0.6 is 15.9 Å². The number of pyridine rings is 1. The number of aromatic nitrogens is 1. The smallest absolute Gasteiger partial charge is 0.139 e. The van der Waals surface area contributed by atoms with E-state index in [1.807, 2.05) is 12.1 Å². The minimum absolute atomic E-state index is 0.965. The van der Waals surface area contributed by atoms with E-state index in [9.17, 15) is 0 Å². The number of allylic oxidation sites excluding steroid dienone is 3. The van der Waals surface area contributed by atoms with Gasteiger partial charge in [-0.3, -0.25) is 0 Å². The summed E-state index contributed by atoms with van der Waals surface area (Å²) in [7, 11) is 2.10. The number of unbranched alkanes of at least 4 members (excludes halogenated alkanes) is 1. The highest BCUT2D eigenvalue weighted by molar-refractivity contribution is 9.10. The summed E-state index contributed by atoms with van der Waals surface area (Å²) in [6, 6.07) is 21.2. The van der Waals surface area contributed by atoms with Crippen molar-refractivity contribution in [2.75, 3.05) is 0 Å². The van der Waals surface area contributed by atoms with Crippen molar-refractivity contribution < 1.29 is 0 Å². The number of hydrogen-bond acceptors (Lipinski definition) is 1. The topological polar surface area (TPSA) is 12.9 Å². The van der Waals surface area contributed by atoms with Crippen LogP contribution in [-0.4, -0.2) is 12.8 Å². The molecule has 0 aliphatic heterocycles. The van der Waals surface area contributed by atoms with E-state index in [0.717, 1.165) is 45.4 Å². The maximum atomic E-state index is 4.98. The quantitative estimate of drug-likeness (QED) is 0.365. The molecule has 3 heteroatoms. The molecule has 1 nitrogen and oxygen atoms in total. The van der Waals surface area contributed by atoms with E-state index in [0.29, 0.717) is 0 Å². The Balaban J connectivity index is 2.21. The van der Waals surface area contributed by atoms with Gasteiger partial charge in [0.1, 0.15) is 7.85 Å². The highest BCUT2D eigenvalue weighted by atomic mass is 79.9. The van der Waals surface area contributed by atoms with Crippen molar-refractivity contribution in [3.8, 4) is 22.4 Å². The van der Waals surface area contributed by atoms with Gasteiger partial charge in [-0.2, -0.15) is 0 Å². The van der Waals surface area contributed by atoms with Crippen molar-refractivity contribution in [1.82, 2.24) is 4.98 Å². The van der Waals surface area contributed by atoms with Gasteiger partial charge in [-0.15, -0.1) is 0 Å². The first-order valence-corrected chi connectivity index (χ1v) is 10.1. The van der Waals surface area contributed by atoms with Crippen LogP contribution < -0.4 is 5.46 Å². The summed E-state index contributed by atoms with van der Waals surface area (Å²) in [5, 5.41) is 0. The maximum absolute atomic E-state index is 4.98. The monoisotopic (exact) mass is 415 g/mol. The lowest BCUT2D eigenvalue weighted by Gasteiger charge is -2.12. The molecule has 0 atom stereocenters. The zero-order valence-corrected chi connectivity index (χ0v) is 17.5. The van der Waals surface area contributed by atoms with Gasteiger partial charge in [-0.25, -0.2) is 4.98 Å². The molecule has 0 saturated heterocycles. The molecule has 3 rings (SSSR count). The van der Waals surface area contributed by atoms with Gasteiger partial charge in [0.05, 0.1) is 11.4 Å². The van der Waals surface area contributed by atoms with Crippen molar-refractivity contribution in [1.29, 1.82) is 0 Å². The molecular formula is C24H23BBrN. The second-order valence-electron chi connectivity index (χ2n) is 6.66. The van der Waals surface area contributed by atoms with Gasteiger partial charge in [-0.1, -0.05) is 95.9 Å². The Labute approximate surface area is 171 Å². The summed E-state index contributed by atoms with van der Waals surface area (Å²) in [6.45, 7) is 6.19. The molecular weight excluding hydrogens is 393 g/mol. The van der Waals surface area contributed by atoms with Crippen LogP contribution in [0.2, 0.25) is 0 Å². The highest BCUT2D eigenvalue weighted by Crippen LogP contribution is 2.29. The molecule has 0 N–H and O–H groups in total. The Hall–Kier alpha value is -2.39. The third-order valence-electron chi connectivity index (χ3n) is 4.44. The highest BCUT2D eigenvalue weighted by Gasteiger charge is 2.10. The lowest BCUT2D eigenvalue weighted by Crippen LogP contribution is -2.02. The van der Waals surface area contributed by atoms with Gasteiger partial charge in [-0.05, 0) is 41.3 Å². The molecule has 0 aliphatic rings. The number of rotatable bonds is 6. The first-order chi connectivity index (χ1) is 13.1. The van der Waals surface area contributed by atoms with Crippen molar-refractivity contribution in [3.63, 3.8) is 0 Å². The summed E-state index contributed by atoms with van der Waals surface area (Å²) in [5.74, 6) is 0. The second-order valence-corrected chi connectivity index (χ2v) is 7.58. The molecule has 1 heterocycles. The van der Waals surface area contributed by atoms with Crippen LogP contribution in [0.25, 0.3) is 28.0 Å². The van der Waals surface area contributed by atoms with Gasteiger partial charge < -0.3 is 0 Å². The van der Waals surface area contributed by atoms with Crippen molar-refractivity contribution in [3.05, 3.63) is 89.6 Å². The number of halogens is 1. The predicted molar refractivity (Wildman–Crippen MR) is 124 cm³/mol. The molecule has 27 heavy (non-hydrogen) atoms. The van der Waals surface area contributed by atoms with E-state index < -0.39 is 0 Å². The van der Waals surface area contributed by atoms with E-state index >= 15 is 0 Å². The van der Waals surface area contributed by atoms with Crippen LogP contribution in [0.3, 0.4) is 0 Å². The molecule has 0 bridgehead atoms. The summed E-state index contributed by atoms with van der Waals surface area (Å²) < 4.78 is 1.07. The predicted octanol–water partition coefficient (Wildman–Crippen LogP) is 5.81. The molecule has 3 aromatic rings. The van der Waals surface area contributed by atoms with E-state index in [-0.39, 0.29) is 0 Å². The SMILES string of the molecule is Bc1cc(Br)cc(-c2cc(-c3ccccc3)cc(/C(C=C)=C/CCC)n2)c1. The summed E-state index contributed by atoms with van der Waals surface area (Å²) in [4.78, 5) is 4.98. The third-order valence-corrected chi connectivity index (χ3v) is 4.90. The Bertz CT molecular complexity index is 957. The maximum Gasteiger partial charge on any atom is 0.139 e. The molecule has 0 fully saturated rings. The van der Waals surface area contributed by atoms with Crippen molar-refractivity contribution in [2.24, 2.45) is 0 Å². The molecule has 0 saturated carbocycles. The molecule has 0 aliphatic carbocycles. The Morgan fingerprint density at radius 3 is 2.48 bits per heavy atom. The fourth-order valence-corrected chi connectivity index (χ4v) is 3.71. The number of benzene rings is 2. The van der Waals surface area contributed by atoms with E-state index in [4.69, 9.17) is 4.98 Å². The van der Waals surface area contributed by atoms with Crippen molar-refractivity contribution in [2.45, 2.75) is 19.8 Å². The Morgan fingerprint density at radius 2 is 1.81 bits per heavy atom. The zero-order chi connectivity index (χ0) is 19.2. The first-order valence-electron chi connectivity index (χ1n) is 9.28. The zero-order valence-electron chi connectivity index (χ0n) is 15.9. The van der Waals surface area contributed by atoms with Gasteiger partial charge >= 0.3 is 0 Å². The van der Waals surface area contributed by atoms with Crippen LogP contribution in [0.15, 0.2) is 83.9 Å². The average Bonchev–Trinajstić information content (AvgIpc) is 2.68. The molecule has 2 aromatic carbocycles. The van der Waals surface area contributed by atoms with Gasteiger partial charge in [0.15, 0.2) is 0 Å². The van der Waals surface area contributed by atoms with Crippen LogP contribution in [0.1, 0.15) is 25.5 Å². The van der Waals surface area contributed by atoms with Crippen molar-refractivity contribution >= 4 is 34.8 Å². The Kier molecular flexibility index (Phi) is 6.47. The molecule has 1 aromatic heterocycles. The fraction of sp³-hybridized carbons (Fsp3) is 0.125.